The highest BCUT2D eigenvalue weighted by atomic mass is 32.2. The highest BCUT2D eigenvalue weighted by molar-refractivity contribution is 7.92. The minimum absolute atomic E-state index is 0.101. The lowest BCUT2D eigenvalue weighted by Gasteiger charge is -2.30. The zero-order valence-electron chi connectivity index (χ0n) is 15.9. The number of nitrogens with zero attached hydrogens (tertiary/aromatic N) is 2. The van der Waals surface area contributed by atoms with Gasteiger partial charge in [0.15, 0.2) is 0 Å². The second-order valence-corrected chi connectivity index (χ2v) is 8.15. The number of non-ortho nitro benzene ring substituents is 1. The molecule has 0 fully saturated rings. The number of carbonyl (C=O) groups is 1. The van der Waals surface area contributed by atoms with Gasteiger partial charge in [-0.1, -0.05) is 25.1 Å². The summed E-state index contributed by atoms with van der Waals surface area (Å²) in [6, 6.07) is 7.45. The summed E-state index contributed by atoms with van der Waals surface area (Å²) in [5.74, 6) is -1.01. The summed E-state index contributed by atoms with van der Waals surface area (Å²) in [6.07, 6.45) is -4.04. The van der Waals surface area contributed by atoms with Crippen LogP contribution in [-0.4, -0.2) is 31.5 Å². The number of nitro benzene ring substituents is 1. The van der Waals surface area contributed by atoms with Crippen LogP contribution in [0, 0.1) is 10.1 Å². The third-order valence-electron chi connectivity index (χ3n) is 4.12. The normalized spacial score (nSPS) is 12.8. The van der Waals surface area contributed by atoms with Crippen LogP contribution in [-0.2, 0) is 21.0 Å². The lowest BCUT2D eigenvalue weighted by Crippen LogP contribution is -2.47. The molecular formula is C18H18F3N3O5S. The monoisotopic (exact) mass is 445 g/mol. The molecule has 0 bridgehead atoms. The largest absolute Gasteiger partial charge is 0.418 e. The number of hydrogen-bond donors (Lipinski definition) is 1. The Morgan fingerprint density at radius 2 is 1.83 bits per heavy atom. The lowest BCUT2D eigenvalue weighted by molar-refractivity contribution is -0.384. The maximum atomic E-state index is 13.2. The average Bonchev–Trinajstić information content (AvgIpc) is 2.64. The Hall–Kier alpha value is -3.15. The zero-order valence-corrected chi connectivity index (χ0v) is 16.7. The summed E-state index contributed by atoms with van der Waals surface area (Å²) in [6.45, 7) is 1.47. The molecule has 1 N–H and O–H groups in total. The molecule has 0 heterocycles. The molecule has 1 atom stereocenters. The molecule has 0 aromatic heterocycles. The van der Waals surface area contributed by atoms with E-state index < -0.39 is 50.0 Å². The van der Waals surface area contributed by atoms with Crippen molar-refractivity contribution in [2.75, 3.05) is 15.9 Å². The van der Waals surface area contributed by atoms with E-state index in [-0.39, 0.29) is 12.1 Å². The Morgan fingerprint density at radius 3 is 2.37 bits per heavy atom. The van der Waals surface area contributed by atoms with Gasteiger partial charge in [0.05, 0.1) is 28.1 Å². The first-order valence-corrected chi connectivity index (χ1v) is 10.4. The summed E-state index contributed by atoms with van der Waals surface area (Å²) in [4.78, 5) is 23.1. The fourth-order valence-corrected chi connectivity index (χ4v) is 4.06. The number of anilines is 2. The van der Waals surface area contributed by atoms with Crippen LogP contribution in [0.4, 0.5) is 30.2 Å². The number of para-hydroxylation sites is 1. The summed E-state index contributed by atoms with van der Waals surface area (Å²) >= 11 is 0. The highest BCUT2D eigenvalue weighted by Gasteiger charge is 2.36. The molecule has 1 amide bonds. The fraction of sp³-hybridized carbons (Fsp3) is 0.278. The van der Waals surface area contributed by atoms with E-state index in [2.05, 4.69) is 5.32 Å². The van der Waals surface area contributed by atoms with Crippen LogP contribution in [0.15, 0.2) is 48.5 Å². The van der Waals surface area contributed by atoms with Crippen LogP contribution >= 0.6 is 0 Å². The molecule has 2 aromatic rings. The molecule has 2 rings (SSSR count). The number of alkyl halides is 3. The molecule has 0 saturated heterocycles. The van der Waals surface area contributed by atoms with E-state index in [1.165, 1.54) is 25.1 Å². The Morgan fingerprint density at radius 1 is 1.20 bits per heavy atom. The van der Waals surface area contributed by atoms with Gasteiger partial charge in [0, 0.05) is 12.1 Å². The van der Waals surface area contributed by atoms with E-state index in [1.54, 1.807) is 0 Å². The van der Waals surface area contributed by atoms with Gasteiger partial charge in [-0.05, 0) is 24.6 Å². The van der Waals surface area contributed by atoms with Gasteiger partial charge in [-0.3, -0.25) is 19.2 Å². The molecule has 30 heavy (non-hydrogen) atoms. The van der Waals surface area contributed by atoms with Gasteiger partial charge >= 0.3 is 6.18 Å². The van der Waals surface area contributed by atoms with Crippen molar-refractivity contribution in [2.24, 2.45) is 0 Å². The number of hydrogen-bond acceptors (Lipinski definition) is 5. The van der Waals surface area contributed by atoms with Crippen LogP contribution in [0.25, 0.3) is 0 Å². The third kappa shape index (κ3) is 5.26. The molecule has 2 aromatic carbocycles. The molecular weight excluding hydrogens is 427 g/mol. The van der Waals surface area contributed by atoms with E-state index in [0.717, 1.165) is 36.6 Å². The smallest absolute Gasteiger partial charge is 0.324 e. The number of nitrogens with one attached hydrogen (secondary N) is 1. The number of benzene rings is 2. The minimum Gasteiger partial charge on any atom is -0.324 e. The second kappa shape index (κ2) is 8.69. The van der Waals surface area contributed by atoms with Gasteiger partial charge in [-0.25, -0.2) is 8.42 Å². The fourth-order valence-electron chi connectivity index (χ4n) is 2.86. The van der Waals surface area contributed by atoms with Crippen molar-refractivity contribution in [3.8, 4) is 0 Å². The van der Waals surface area contributed by atoms with E-state index >= 15 is 0 Å². The number of amides is 1. The average molecular weight is 445 g/mol. The first-order chi connectivity index (χ1) is 13.9. The molecule has 0 aliphatic rings. The van der Waals surface area contributed by atoms with E-state index in [0.29, 0.717) is 4.31 Å². The lowest BCUT2D eigenvalue weighted by atomic mass is 10.1. The summed E-state index contributed by atoms with van der Waals surface area (Å²) in [5, 5.41) is 13.2. The van der Waals surface area contributed by atoms with E-state index in [1.807, 2.05) is 0 Å². The van der Waals surface area contributed by atoms with Gasteiger partial charge in [-0.15, -0.1) is 0 Å². The summed E-state index contributed by atoms with van der Waals surface area (Å²) in [7, 11) is -4.12. The first-order valence-electron chi connectivity index (χ1n) is 8.57. The molecule has 8 nitrogen and oxygen atoms in total. The Kier molecular flexibility index (Phi) is 6.70. The van der Waals surface area contributed by atoms with Crippen molar-refractivity contribution in [3.63, 3.8) is 0 Å². The number of halogens is 3. The van der Waals surface area contributed by atoms with Crippen LogP contribution in [0.5, 0.6) is 0 Å². The SMILES string of the molecule is CCC(C(=O)Nc1ccccc1C(F)(F)F)N(c1cccc([N+](=O)[O-])c1)S(C)(=O)=O. The van der Waals surface area contributed by atoms with Gasteiger partial charge in [0.1, 0.15) is 6.04 Å². The standard InChI is InChI=1S/C18H18F3N3O5S/c1-3-16(17(25)22-15-10-5-4-9-14(15)18(19,20)21)23(30(2,28)29)12-7-6-8-13(11-12)24(26)27/h4-11,16H,3H2,1-2H3,(H,22,25). The molecule has 0 spiro atoms. The first kappa shape index (κ1) is 23.1. The molecule has 0 saturated carbocycles. The number of sulfonamides is 1. The van der Waals surface area contributed by atoms with Gasteiger partial charge in [0.2, 0.25) is 15.9 Å². The highest BCUT2D eigenvalue weighted by Crippen LogP contribution is 2.35. The predicted molar refractivity (Wildman–Crippen MR) is 105 cm³/mol. The number of carbonyl (C=O) groups excluding carboxylic acids is 1. The van der Waals surface area contributed by atoms with Crippen LogP contribution in [0.3, 0.4) is 0 Å². The topological polar surface area (TPSA) is 110 Å². The quantitative estimate of drug-likeness (QED) is 0.515. The van der Waals surface area contributed by atoms with Crippen molar-refractivity contribution in [2.45, 2.75) is 25.6 Å². The maximum Gasteiger partial charge on any atom is 0.418 e. The van der Waals surface area contributed by atoms with Crippen molar-refractivity contribution in [1.29, 1.82) is 0 Å². The molecule has 1 unspecified atom stereocenters. The van der Waals surface area contributed by atoms with Crippen molar-refractivity contribution < 1.29 is 31.3 Å². The maximum absolute atomic E-state index is 13.2. The Labute approximate surface area is 170 Å². The van der Waals surface area contributed by atoms with E-state index in [9.17, 15) is 36.5 Å². The van der Waals surface area contributed by atoms with Crippen LogP contribution < -0.4 is 9.62 Å². The molecule has 162 valence electrons. The van der Waals surface area contributed by atoms with Gasteiger partial charge in [0.25, 0.3) is 5.69 Å². The molecule has 0 aliphatic carbocycles. The summed E-state index contributed by atoms with van der Waals surface area (Å²) < 4.78 is 65.0. The van der Waals surface area contributed by atoms with Gasteiger partial charge in [-0.2, -0.15) is 13.2 Å². The number of nitro groups is 1. The van der Waals surface area contributed by atoms with Crippen molar-refractivity contribution >= 4 is 33.0 Å². The number of rotatable bonds is 7. The van der Waals surface area contributed by atoms with Crippen LogP contribution in [0.1, 0.15) is 18.9 Å². The molecule has 0 aliphatic heterocycles. The second-order valence-electron chi connectivity index (χ2n) is 6.29. The van der Waals surface area contributed by atoms with Crippen molar-refractivity contribution in [3.05, 3.63) is 64.2 Å². The summed E-state index contributed by atoms with van der Waals surface area (Å²) in [5.41, 5.74) is -2.17. The minimum atomic E-state index is -4.73. The van der Waals surface area contributed by atoms with E-state index in [4.69, 9.17) is 0 Å². The van der Waals surface area contributed by atoms with Crippen LogP contribution in [0.2, 0.25) is 0 Å². The predicted octanol–water partition coefficient (Wildman–Crippen LogP) is 3.80. The van der Waals surface area contributed by atoms with Gasteiger partial charge < -0.3 is 5.32 Å². The zero-order chi connectivity index (χ0) is 22.7. The Bertz CT molecular complexity index is 1060. The molecule has 12 heteroatoms. The Balaban J connectivity index is 2.48. The molecule has 0 radical (unpaired) electrons. The van der Waals surface area contributed by atoms with Crippen molar-refractivity contribution in [1.82, 2.24) is 0 Å². The third-order valence-corrected chi connectivity index (χ3v) is 5.29.